The molecule has 2 aliphatic rings. The molecule has 20 heavy (non-hydrogen) atoms. The van der Waals surface area contributed by atoms with Crippen LogP contribution in [0, 0.1) is 19.8 Å². The van der Waals surface area contributed by atoms with Gasteiger partial charge in [0.15, 0.2) is 0 Å². The average Bonchev–Trinajstić information content (AvgIpc) is 2.42. The van der Waals surface area contributed by atoms with Crippen LogP contribution in [0.2, 0.25) is 0 Å². The van der Waals surface area contributed by atoms with E-state index in [-0.39, 0.29) is 0 Å². The molecular weight excluding hydrogens is 242 g/mol. The minimum Gasteiger partial charge on any atom is -0.313 e. The largest absolute Gasteiger partial charge is 0.313 e. The summed E-state index contributed by atoms with van der Waals surface area (Å²) in [4.78, 5) is 0. The number of hydrogen-bond acceptors (Lipinski definition) is 1. The number of piperidine rings is 1. The highest BCUT2D eigenvalue weighted by atomic mass is 15.0. The molecule has 1 aliphatic carbocycles. The minimum absolute atomic E-state index is 0.369. The number of aryl methyl sites for hydroxylation is 1. The van der Waals surface area contributed by atoms with Crippen molar-refractivity contribution in [2.75, 3.05) is 6.54 Å². The molecule has 1 fully saturated rings. The standard InChI is InChI=1S/C19H27N/c1-5-6-9-19-10-11-20-17(15(19)4)12-16-8-7-13(2)14(3)18(16)19/h5,7-8,15,17,20H,1,6,9-12H2,2-4H3. The van der Waals surface area contributed by atoms with Crippen molar-refractivity contribution in [3.8, 4) is 0 Å². The number of nitrogens with one attached hydrogen (secondary N) is 1. The lowest BCUT2D eigenvalue weighted by Gasteiger charge is -2.53. The van der Waals surface area contributed by atoms with Crippen LogP contribution in [-0.2, 0) is 11.8 Å². The van der Waals surface area contributed by atoms with Crippen LogP contribution >= 0.6 is 0 Å². The maximum Gasteiger partial charge on any atom is 0.0142 e. The van der Waals surface area contributed by atoms with Gasteiger partial charge in [-0.05, 0) is 74.2 Å². The van der Waals surface area contributed by atoms with Crippen LogP contribution in [0.3, 0.4) is 0 Å². The summed E-state index contributed by atoms with van der Waals surface area (Å²) in [7, 11) is 0. The second kappa shape index (κ2) is 5.04. The Labute approximate surface area is 123 Å². The molecule has 0 radical (unpaired) electrons. The Morgan fingerprint density at radius 1 is 1.40 bits per heavy atom. The number of fused-ring (bicyclic) bond motifs is 4. The van der Waals surface area contributed by atoms with E-state index in [1.54, 1.807) is 16.7 Å². The molecule has 108 valence electrons. The smallest absolute Gasteiger partial charge is 0.0142 e. The molecule has 1 N–H and O–H groups in total. The molecule has 0 spiro atoms. The van der Waals surface area contributed by atoms with E-state index in [0.717, 1.165) is 12.3 Å². The first-order valence-corrected chi connectivity index (χ1v) is 8.04. The predicted octanol–water partition coefficient (Wildman–Crippen LogP) is 4.06. The van der Waals surface area contributed by atoms with E-state index < -0.39 is 0 Å². The van der Waals surface area contributed by atoms with E-state index in [9.17, 15) is 0 Å². The van der Waals surface area contributed by atoms with Gasteiger partial charge in [0.25, 0.3) is 0 Å². The number of allylic oxidation sites excluding steroid dienone is 1. The van der Waals surface area contributed by atoms with Crippen molar-refractivity contribution >= 4 is 0 Å². The molecule has 0 aromatic heterocycles. The SMILES string of the molecule is C=CCCC12CCNC(Cc3ccc(C)c(C)c31)C2C. The van der Waals surface area contributed by atoms with Crippen LogP contribution in [0.1, 0.15) is 48.4 Å². The van der Waals surface area contributed by atoms with Crippen molar-refractivity contribution in [3.05, 3.63) is 47.0 Å². The van der Waals surface area contributed by atoms with Crippen LogP contribution < -0.4 is 5.32 Å². The lowest BCUT2D eigenvalue weighted by molar-refractivity contribution is 0.132. The van der Waals surface area contributed by atoms with Gasteiger partial charge in [0.2, 0.25) is 0 Å². The Kier molecular flexibility index (Phi) is 3.50. The Morgan fingerprint density at radius 2 is 2.20 bits per heavy atom. The summed E-state index contributed by atoms with van der Waals surface area (Å²) in [6, 6.07) is 5.34. The molecule has 1 heterocycles. The molecule has 1 saturated heterocycles. The highest BCUT2D eigenvalue weighted by molar-refractivity contribution is 5.48. The second-order valence-electron chi connectivity index (χ2n) is 6.83. The molecule has 2 bridgehead atoms. The Balaban J connectivity index is 2.18. The second-order valence-corrected chi connectivity index (χ2v) is 6.83. The number of hydrogen-bond donors (Lipinski definition) is 1. The van der Waals surface area contributed by atoms with Crippen LogP contribution in [0.4, 0.5) is 0 Å². The van der Waals surface area contributed by atoms with E-state index in [4.69, 9.17) is 0 Å². The van der Waals surface area contributed by atoms with Gasteiger partial charge in [0.1, 0.15) is 0 Å². The van der Waals surface area contributed by atoms with Crippen molar-refractivity contribution < 1.29 is 0 Å². The van der Waals surface area contributed by atoms with Crippen molar-refractivity contribution in [3.63, 3.8) is 0 Å². The molecule has 3 rings (SSSR count). The highest BCUT2D eigenvalue weighted by Crippen LogP contribution is 2.50. The first kappa shape index (κ1) is 13.9. The third-order valence-electron chi connectivity index (χ3n) is 6.01. The van der Waals surface area contributed by atoms with Gasteiger partial charge >= 0.3 is 0 Å². The van der Waals surface area contributed by atoms with Gasteiger partial charge in [-0.15, -0.1) is 6.58 Å². The zero-order chi connectivity index (χ0) is 14.3. The first-order chi connectivity index (χ1) is 9.60. The molecule has 3 atom stereocenters. The highest BCUT2D eigenvalue weighted by Gasteiger charge is 2.48. The maximum absolute atomic E-state index is 3.95. The van der Waals surface area contributed by atoms with E-state index in [2.05, 4.69) is 50.9 Å². The summed E-state index contributed by atoms with van der Waals surface area (Å²) >= 11 is 0. The normalized spacial score (nSPS) is 31.8. The molecule has 1 aliphatic heterocycles. The molecule has 1 heteroatoms. The van der Waals surface area contributed by atoms with E-state index in [1.807, 2.05) is 0 Å². The Bertz CT molecular complexity index is 531. The Morgan fingerprint density at radius 3 is 2.95 bits per heavy atom. The molecule has 1 nitrogen and oxygen atoms in total. The van der Waals surface area contributed by atoms with Crippen LogP contribution in [-0.4, -0.2) is 12.6 Å². The third kappa shape index (κ3) is 1.87. The van der Waals surface area contributed by atoms with Crippen molar-refractivity contribution in [2.24, 2.45) is 5.92 Å². The quantitative estimate of drug-likeness (QED) is 0.816. The zero-order valence-corrected chi connectivity index (χ0v) is 13.1. The third-order valence-corrected chi connectivity index (χ3v) is 6.01. The van der Waals surface area contributed by atoms with Crippen molar-refractivity contribution in [1.29, 1.82) is 0 Å². The molecule has 3 unspecified atom stereocenters. The number of benzene rings is 1. The van der Waals surface area contributed by atoms with Crippen LogP contribution in [0.5, 0.6) is 0 Å². The zero-order valence-electron chi connectivity index (χ0n) is 13.1. The van der Waals surface area contributed by atoms with Gasteiger partial charge in [-0.1, -0.05) is 25.1 Å². The Hall–Kier alpha value is -1.08. The summed E-state index contributed by atoms with van der Waals surface area (Å²) in [5.41, 5.74) is 6.63. The topological polar surface area (TPSA) is 12.0 Å². The summed E-state index contributed by atoms with van der Waals surface area (Å²) in [6.07, 6.45) is 6.96. The van der Waals surface area contributed by atoms with Crippen molar-refractivity contribution in [2.45, 2.75) is 57.9 Å². The predicted molar refractivity (Wildman–Crippen MR) is 86.3 cm³/mol. The molecule has 1 aromatic carbocycles. The van der Waals surface area contributed by atoms with Crippen LogP contribution in [0.15, 0.2) is 24.8 Å². The monoisotopic (exact) mass is 269 g/mol. The molecule has 1 aromatic rings. The van der Waals surface area contributed by atoms with E-state index in [1.165, 1.54) is 31.4 Å². The van der Waals surface area contributed by atoms with Gasteiger partial charge in [-0.2, -0.15) is 0 Å². The van der Waals surface area contributed by atoms with Gasteiger partial charge in [0.05, 0.1) is 0 Å². The van der Waals surface area contributed by atoms with Gasteiger partial charge in [-0.25, -0.2) is 0 Å². The van der Waals surface area contributed by atoms with Gasteiger partial charge < -0.3 is 5.32 Å². The average molecular weight is 269 g/mol. The number of rotatable bonds is 3. The molecular formula is C19H27N. The maximum atomic E-state index is 3.95. The first-order valence-electron chi connectivity index (χ1n) is 8.04. The fourth-order valence-corrected chi connectivity index (χ4v) is 4.68. The van der Waals surface area contributed by atoms with Gasteiger partial charge in [-0.3, -0.25) is 0 Å². The minimum atomic E-state index is 0.369. The van der Waals surface area contributed by atoms with Crippen LogP contribution in [0.25, 0.3) is 0 Å². The lowest BCUT2D eigenvalue weighted by atomic mass is 9.55. The fraction of sp³-hybridized carbons (Fsp3) is 0.579. The summed E-state index contributed by atoms with van der Waals surface area (Å²) in [5, 5.41) is 3.75. The lowest BCUT2D eigenvalue weighted by Crippen LogP contribution is -2.57. The fourth-order valence-electron chi connectivity index (χ4n) is 4.68. The summed E-state index contributed by atoms with van der Waals surface area (Å²) in [6.45, 7) is 12.2. The van der Waals surface area contributed by atoms with E-state index in [0.29, 0.717) is 11.5 Å². The van der Waals surface area contributed by atoms with Crippen molar-refractivity contribution in [1.82, 2.24) is 5.32 Å². The summed E-state index contributed by atoms with van der Waals surface area (Å²) in [5.74, 6) is 0.726. The summed E-state index contributed by atoms with van der Waals surface area (Å²) < 4.78 is 0. The molecule has 0 saturated carbocycles. The molecule has 0 amide bonds. The van der Waals surface area contributed by atoms with E-state index >= 15 is 0 Å². The van der Waals surface area contributed by atoms with Gasteiger partial charge in [0, 0.05) is 11.5 Å².